The van der Waals surface area contributed by atoms with E-state index in [1.807, 2.05) is 20.8 Å². The summed E-state index contributed by atoms with van der Waals surface area (Å²) in [6.07, 6.45) is 0.751. The van der Waals surface area contributed by atoms with Crippen LogP contribution >= 0.6 is 0 Å². The van der Waals surface area contributed by atoms with Crippen LogP contribution in [-0.4, -0.2) is 72.5 Å². The number of hydrogen-bond donors (Lipinski definition) is 1. The highest BCUT2D eigenvalue weighted by atomic mass is 28.4. The van der Waals surface area contributed by atoms with Crippen LogP contribution in [0.4, 0.5) is 4.79 Å². The fourth-order valence-corrected chi connectivity index (χ4v) is 4.89. The summed E-state index contributed by atoms with van der Waals surface area (Å²) in [5.74, 6) is -1.38. The zero-order valence-electron chi connectivity index (χ0n) is 18.0. The smallest absolute Gasteiger partial charge is 0.458 e. The molecule has 0 heterocycles. The van der Waals surface area contributed by atoms with Crippen molar-refractivity contribution >= 4 is 26.8 Å². The van der Waals surface area contributed by atoms with E-state index in [1.54, 1.807) is 0 Å². The van der Waals surface area contributed by atoms with Crippen molar-refractivity contribution in [2.75, 3.05) is 39.6 Å². The Labute approximate surface area is 178 Å². The summed E-state index contributed by atoms with van der Waals surface area (Å²) < 4.78 is 32.1. The predicted octanol–water partition coefficient (Wildman–Crippen LogP) is 1.98. The van der Waals surface area contributed by atoms with Crippen LogP contribution in [0.1, 0.15) is 27.2 Å². The number of carbonyl (C=O) groups is 3. The number of hydrogen-bond acceptors (Lipinski definition) is 9. The molecule has 0 rings (SSSR count). The third kappa shape index (κ3) is 12.4. The van der Waals surface area contributed by atoms with Gasteiger partial charge in [-0.15, -0.1) is 0 Å². The van der Waals surface area contributed by atoms with Crippen LogP contribution in [0, 0.1) is 0 Å². The molecular weight excluding hydrogens is 414 g/mol. The first-order valence-electron chi connectivity index (χ1n) is 9.80. The van der Waals surface area contributed by atoms with Crippen molar-refractivity contribution < 1.29 is 41.9 Å². The summed E-state index contributed by atoms with van der Waals surface area (Å²) in [5, 5.41) is 2.59. The lowest BCUT2D eigenvalue weighted by atomic mass is 10.4. The van der Waals surface area contributed by atoms with Crippen molar-refractivity contribution in [3.05, 3.63) is 25.3 Å². The highest BCUT2D eigenvalue weighted by Gasteiger charge is 2.39. The lowest BCUT2D eigenvalue weighted by molar-refractivity contribution is -0.146. The van der Waals surface area contributed by atoms with Crippen molar-refractivity contribution in [3.8, 4) is 0 Å². The average molecular weight is 448 g/mol. The molecule has 0 aromatic heterocycles. The van der Waals surface area contributed by atoms with E-state index in [1.165, 1.54) is 0 Å². The molecule has 1 amide bonds. The Kier molecular flexibility index (Phi) is 15.3. The summed E-state index contributed by atoms with van der Waals surface area (Å²) in [7, 11) is -2.78. The van der Waals surface area contributed by atoms with Gasteiger partial charge in [0.05, 0.1) is 0 Å². The van der Waals surface area contributed by atoms with Gasteiger partial charge in [-0.1, -0.05) is 13.2 Å². The molecule has 0 saturated heterocycles. The zero-order chi connectivity index (χ0) is 22.8. The molecule has 0 spiro atoms. The fourth-order valence-electron chi connectivity index (χ4n) is 2.27. The molecule has 0 unspecified atom stereocenters. The minimum absolute atomic E-state index is 0.284. The Bertz CT molecular complexity index is 515. The van der Waals surface area contributed by atoms with Gasteiger partial charge in [0.15, 0.2) is 6.10 Å². The third-order valence-electron chi connectivity index (χ3n) is 3.45. The number of amides is 1. The number of nitrogens with one attached hydrogen (secondary N) is 1. The van der Waals surface area contributed by atoms with Gasteiger partial charge in [0.1, 0.15) is 13.2 Å². The Morgan fingerprint density at radius 1 is 0.900 bits per heavy atom. The second-order valence-corrected chi connectivity index (χ2v) is 8.44. The molecule has 30 heavy (non-hydrogen) atoms. The quantitative estimate of drug-likeness (QED) is 0.117. The van der Waals surface area contributed by atoms with Crippen molar-refractivity contribution in [1.82, 2.24) is 5.32 Å². The molecule has 0 atom stereocenters. The summed E-state index contributed by atoms with van der Waals surface area (Å²) >= 11 is 0. The minimum atomic E-state index is -2.78. The maximum atomic E-state index is 12.0. The fraction of sp³-hybridized carbons (Fsp3) is 0.632. The Morgan fingerprint density at radius 3 is 1.77 bits per heavy atom. The molecule has 0 saturated carbocycles. The molecule has 0 bridgehead atoms. The summed E-state index contributed by atoms with van der Waals surface area (Å²) in [4.78, 5) is 34.5. The van der Waals surface area contributed by atoms with Crippen molar-refractivity contribution in [3.63, 3.8) is 0 Å². The molecule has 0 aliphatic heterocycles. The summed E-state index contributed by atoms with van der Waals surface area (Å²) in [6, 6.07) is 0.528. The number of esters is 2. The van der Waals surface area contributed by atoms with Gasteiger partial charge in [-0.2, -0.15) is 0 Å². The van der Waals surface area contributed by atoms with E-state index in [0.29, 0.717) is 32.3 Å². The van der Waals surface area contributed by atoms with E-state index in [2.05, 4.69) is 18.5 Å². The van der Waals surface area contributed by atoms with Crippen molar-refractivity contribution in [2.45, 2.75) is 39.3 Å². The van der Waals surface area contributed by atoms with Crippen LogP contribution in [-0.2, 0) is 37.1 Å². The highest BCUT2D eigenvalue weighted by molar-refractivity contribution is 6.60. The molecule has 0 aliphatic rings. The molecule has 0 aliphatic carbocycles. The van der Waals surface area contributed by atoms with Crippen LogP contribution in [0.2, 0.25) is 6.04 Å². The standard InChI is InChI=1S/C19H33NO9Si/c1-6-17(21)24-14-16(15-25-18(22)7-2)29-19(23)20-12-11-13-30(26-8-3,27-9-4)28-10-5/h6-7,16H,1-2,8-15H2,3-5H3,(H,20,23). The van der Waals surface area contributed by atoms with Gasteiger partial charge < -0.3 is 32.8 Å². The van der Waals surface area contributed by atoms with Crippen LogP contribution < -0.4 is 5.32 Å². The van der Waals surface area contributed by atoms with Crippen LogP contribution in [0.5, 0.6) is 0 Å². The SMILES string of the molecule is C=CC(=O)OCC(COC(=O)C=C)OC(=O)NCCC[Si](OCC)(OCC)OCC. The number of ether oxygens (including phenoxy) is 3. The second kappa shape index (κ2) is 16.6. The predicted molar refractivity (Wildman–Crippen MR) is 111 cm³/mol. The number of carbonyl (C=O) groups excluding carboxylic acids is 3. The summed E-state index contributed by atoms with van der Waals surface area (Å²) in [5.41, 5.74) is 0. The molecule has 1 N–H and O–H groups in total. The first-order valence-corrected chi connectivity index (χ1v) is 11.7. The first kappa shape index (κ1) is 27.8. The molecule has 11 heteroatoms. The van der Waals surface area contributed by atoms with Crippen LogP contribution in [0.25, 0.3) is 0 Å². The number of alkyl carbamates (subject to hydrolysis) is 1. The molecule has 0 radical (unpaired) electrons. The lowest BCUT2D eigenvalue weighted by Crippen LogP contribution is -2.46. The molecule has 0 aromatic carbocycles. The largest absolute Gasteiger partial charge is 0.500 e. The highest BCUT2D eigenvalue weighted by Crippen LogP contribution is 2.17. The Hall–Kier alpha value is -2.21. The van der Waals surface area contributed by atoms with Gasteiger partial charge >= 0.3 is 26.8 Å². The topological polar surface area (TPSA) is 119 Å². The third-order valence-corrected chi connectivity index (χ3v) is 6.60. The van der Waals surface area contributed by atoms with Crippen molar-refractivity contribution in [2.24, 2.45) is 0 Å². The van der Waals surface area contributed by atoms with Gasteiger partial charge in [-0.25, -0.2) is 14.4 Å². The monoisotopic (exact) mass is 447 g/mol. The van der Waals surface area contributed by atoms with E-state index in [4.69, 9.17) is 27.5 Å². The van der Waals surface area contributed by atoms with Gasteiger partial charge in [-0.3, -0.25) is 0 Å². The molecular formula is C19H33NO9Si. The Balaban J connectivity index is 4.59. The van der Waals surface area contributed by atoms with E-state index >= 15 is 0 Å². The summed E-state index contributed by atoms with van der Waals surface area (Å²) in [6.45, 7) is 13.3. The molecule has 0 fully saturated rings. The maximum absolute atomic E-state index is 12.0. The first-order chi connectivity index (χ1) is 14.4. The van der Waals surface area contributed by atoms with Crippen LogP contribution in [0.3, 0.4) is 0 Å². The lowest BCUT2D eigenvalue weighted by Gasteiger charge is -2.28. The zero-order valence-corrected chi connectivity index (χ0v) is 19.0. The average Bonchev–Trinajstić information content (AvgIpc) is 2.73. The van der Waals surface area contributed by atoms with E-state index < -0.39 is 32.9 Å². The van der Waals surface area contributed by atoms with E-state index in [-0.39, 0.29) is 19.8 Å². The maximum Gasteiger partial charge on any atom is 0.500 e. The van der Waals surface area contributed by atoms with E-state index in [0.717, 1.165) is 12.2 Å². The molecule has 10 nitrogen and oxygen atoms in total. The molecule has 172 valence electrons. The normalized spacial score (nSPS) is 10.9. The van der Waals surface area contributed by atoms with Crippen LogP contribution in [0.15, 0.2) is 25.3 Å². The van der Waals surface area contributed by atoms with Gasteiger partial charge in [0.2, 0.25) is 0 Å². The van der Waals surface area contributed by atoms with Crippen molar-refractivity contribution in [1.29, 1.82) is 0 Å². The van der Waals surface area contributed by atoms with Gasteiger partial charge in [0, 0.05) is 44.6 Å². The number of rotatable bonds is 17. The van der Waals surface area contributed by atoms with Gasteiger partial charge in [-0.05, 0) is 27.2 Å². The molecule has 0 aromatic rings. The Morgan fingerprint density at radius 2 is 1.37 bits per heavy atom. The van der Waals surface area contributed by atoms with Gasteiger partial charge in [0.25, 0.3) is 0 Å². The van der Waals surface area contributed by atoms with E-state index in [9.17, 15) is 14.4 Å². The second-order valence-electron chi connectivity index (χ2n) is 5.71. The minimum Gasteiger partial charge on any atom is -0.458 e.